The van der Waals surface area contributed by atoms with E-state index in [2.05, 4.69) is 62.8 Å². The first-order valence-corrected chi connectivity index (χ1v) is 12.4. The first kappa shape index (κ1) is 23.3. The van der Waals surface area contributed by atoms with Crippen molar-refractivity contribution in [2.45, 2.75) is 25.8 Å². The number of amides is 3. The van der Waals surface area contributed by atoms with Gasteiger partial charge in [-0.05, 0) is 35.4 Å². The lowest BCUT2D eigenvalue weighted by molar-refractivity contribution is -0.120. The number of rotatable bonds is 6. The van der Waals surface area contributed by atoms with E-state index in [0.29, 0.717) is 24.8 Å². The highest BCUT2D eigenvalue weighted by Gasteiger charge is 2.26. The molecule has 1 aliphatic rings. The lowest BCUT2D eigenvalue weighted by atomic mass is 9.82. The zero-order valence-electron chi connectivity index (χ0n) is 18.5. The number of hydrogen-bond acceptors (Lipinski definition) is 5. The average Bonchev–Trinajstić information content (AvgIpc) is 3.28. The third-order valence-electron chi connectivity index (χ3n) is 5.72. The molecule has 0 atom stereocenters. The molecular weight excluding hydrogens is 502 g/mol. The maximum atomic E-state index is 12.4. The molecule has 1 aliphatic heterocycles. The zero-order chi connectivity index (χ0) is 23.4. The van der Waals surface area contributed by atoms with Crippen molar-refractivity contribution in [3.63, 3.8) is 0 Å². The quantitative estimate of drug-likeness (QED) is 0.440. The van der Waals surface area contributed by atoms with Gasteiger partial charge in [-0.2, -0.15) is 0 Å². The van der Waals surface area contributed by atoms with Gasteiger partial charge in [0.1, 0.15) is 0 Å². The first-order valence-electron chi connectivity index (χ1n) is 10.7. The van der Waals surface area contributed by atoms with E-state index in [1.807, 2.05) is 46.7 Å². The maximum Gasteiger partial charge on any atom is 0.321 e. The van der Waals surface area contributed by atoms with Crippen LogP contribution in [0.15, 0.2) is 58.4 Å². The van der Waals surface area contributed by atoms with Crippen molar-refractivity contribution in [3.05, 3.63) is 75.2 Å². The molecule has 9 heteroatoms. The second-order valence-electron chi connectivity index (χ2n) is 8.42. The molecular formula is C24H26BrN5O2S. The number of halogens is 1. The van der Waals surface area contributed by atoms with E-state index in [9.17, 15) is 9.59 Å². The molecule has 0 aliphatic carbocycles. The van der Waals surface area contributed by atoms with Crippen LogP contribution in [-0.4, -0.2) is 36.6 Å². The smallest absolute Gasteiger partial charge is 0.321 e. The molecule has 7 nitrogen and oxygen atoms in total. The number of aromatic nitrogens is 1. The summed E-state index contributed by atoms with van der Waals surface area (Å²) in [7, 11) is 0. The van der Waals surface area contributed by atoms with E-state index < -0.39 is 0 Å². The Balaban J connectivity index is 1.31. The molecule has 3 aromatic rings. The van der Waals surface area contributed by atoms with Gasteiger partial charge in [-0.15, -0.1) is 11.3 Å². The number of nitrogens with zero attached hydrogens (tertiary/aromatic N) is 2. The minimum absolute atomic E-state index is 0.0363. The Labute approximate surface area is 205 Å². The molecule has 1 aromatic heterocycles. The van der Waals surface area contributed by atoms with Crippen LogP contribution >= 0.6 is 27.3 Å². The second-order valence-corrected chi connectivity index (χ2v) is 10.2. The fourth-order valence-corrected chi connectivity index (χ4v) is 4.78. The van der Waals surface area contributed by atoms with Gasteiger partial charge >= 0.3 is 6.03 Å². The standard InChI is InChI=1S/C24H26BrN5O2S/c1-24(2,17-5-7-18(25)8-6-17)20-15-33-23(28-20)29-22(32)27-13-16-3-9-19(10-4-16)30-12-11-26-21(31)14-30/h3-10,15H,11-14H2,1-2H3,(H,26,31)(H2,27,28,29,32). The number of anilines is 2. The van der Waals surface area contributed by atoms with Crippen LogP contribution in [0.5, 0.6) is 0 Å². The number of carbonyl (C=O) groups is 2. The molecule has 33 heavy (non-hydrogen) atoms. The van der Waals surface area contributed by atoms with Crippen molar-refractivity contribution in [2.75, 3.05) is 29.9 Å². The highest BCUT2D eigenvalue weighted by Crippen LogP contribution is 2.34. The molecule has 0 unspecified atom stereocenters. The summed E-state index contributed by atoms with van der Waals surface area (Å²) in [6, 6.07) is 15.8. The van der Waals surface area contributed by atoms with Gasteiger partial charge in [-0.1, -0.05) is 54.0 Å². The summed E-state index contributed by atoms with van der Waals surface area (Å²) in [6.07, 6.45) is 0. The molecule has 3 N–H and O–H groups in total. The Morgan fingerprint density at radius 1 is 1.18 bits per heavy atom. The van der Waals surface area contributed by atoms with Gasteiger partial charge in [0.2, 0.25) is 5.91 Å². The van der Waals surface area contributed by atoms with E-state index in [1.165, 1.54) is 11.3 Å². The van der Waals surface area contributed by atoms with Gasteiger partial charge in [-0.3, -0.25) is 10.1 Å². The van der Waals surface area contributed by atoms with Crippen molar-refractivity contribution in [2.24, 2.45) is 0 Å². The van der Waals surface area contributed by atoms with Crippen molar-refractivity contribution in [3.8, 4) is 0 Å². The molecule has 2 heterocycles. The first-order chi connectivity index (χ1) is 15.8. The lowest BCUT2D eigenvalue weighted by Gasteiger charge is -2.28. The molecule has 3 amide bonds. The van der Waals surface area contributed by atoms with E-state index in [1.54, 1.807) is 0 Å². The number of nitrogens with one attached hydrogen (secondary N) is 3. The lowest BCUT2D eigenvalue weighted by Crippen LogP contribution is -2.47. The third kappa shape index (κ3) is 5.72. The maximum absolute atomic E-state index is 12.4. The molecule has 0 spiro atoms. The molecule has 0 bridgehead atoms. The summed E-state index contributed by atoms with van der Waals surface area (Å²) >= 11 is 4.88. The van der Waals surface area contributed by atoms with Gasteiger partial charge in [-0.25, -0.2) is 9.78 Å². The van der Waals surface area contributed by atoms with Crippen LogP contribution in [0, 0.1) is 0 Å². The van der Waals surface area contributed by atoms with Gasteiger partial charge < -0.3 is 15.5 Å². The SMILES string of the molecule is CC(C)(c1ccc(Br)cc1)c1csc(NC(=O)NCc2ccc(N3CCNC(=O)C3)cc2)n1. The minimum Gasteiger partial charge on any atom is -0.360 e. The minimum atomic E-state index is -0.297. The van der Waals surface area contributed by atoms with Gasteiger partial charge in [0.05, 0.1) is 12.2 Å². The summed E-state index contributed by atoms with van der Waals surface area (Å²) in [5.41, 5.74) is 3.77. The van der Waals surface area contributed by atoms with E-state index in [0.717, 1.165) is 33.5 Å². The Hall–Kier alpha value is -2.91. The fraction of sp³-hybridized carbons (Fsp3) is 0.292. The summed E-state index contributed by atoms with van der Waals surface area (Å²) in [4.78, 5) is 30.6. The van der Waals surface area contributed by atoms with Crippen molar-refractivity contribution in [1.82, 2.24) is 15.6 Å². The molecule has 1 saturated heterocycles. The van der Waals surface area contributed by atoms with E-state index in [4.69, 9.17) is 0 Å². The predicted octanol–water partition coefficient (Wildman–Crippen LogP) is 4.49. The zero-order valence-corrected chi connectivity index (χ0v) is 20.9. The molecule has 0 radical (unpaired) electrons. The van der Waals surface area contributed by atoms with Crippen LogP contribution < -0.4 is 20.9 Å². The van der Waals surface area contributed by atoms with Crippen LogP contribution in [0.3, 0.4) is 0 Å². The Morgan fingerprint density at radius 3 is 2.61 bits per heavy atom. The second kappa shape index (κ2) is 9.93. The number of benzene rings is 2. The number of hydrogen-bond donors (Lipinski definition) is 3. The number of carbonyl (C=O) groups excluding carboxylic acids is 2. The fourth-order valence-electron chi connectivity index (χ4n) is 3.64. The largest absolute Gasteiger partial charge is 0.360 e. The molecule has 172 valence electrons. The molecule has 2 aromatic carbocycles. The Bertz CT molecular complexity index is 1130. The highest BCUT2D eigenvalue weighted by molar-refractivity contribution is 9.10. The monoisotopic (exact) mass is 527 g/mol. The average molecular weight is 528 g/mol. The molecule has 0 saturated carbocycles. The number of piperazine rings is 1. The molecule has 4 rings (SSSR count). The van der Waals surface area contributed by atoms with Gasteiger partial charge in [0.25, 0.3) is 0 Å². The summed E-state index contributed by atoms with van der Waals surface area (Å²) in [5, 5.41) is 11.1. The Morgan fingerprint density at radius 2 is 1.91 bits per heavy atom. The van der Waals surface area contributed by atoms with Gasteiger partial charge in [0.15, 0.2) is 5.13 Å². The van der Waals surface area contributed by atoms with Crippen LogP contribution in [0.25, 0.3) is 0 Å². The third-order valence-corrected chi connectivity index (χ3v) is 7.01. The summed E-state index contributed by atoms with van der Waals surface area (Å²) in [6.45, 7) is 6.45. The van der Waals surface area contributed by atoms with Crippen molar-refractivity contribution in [1.29, 1.82) is 0 Å². The topological polar surface area (TPSA) is 86.4 Å². The number of thiazole rings is 1. The normalized spacial score (nSPS) is 14.0. The van der Waals surface area contributed by atoms with Crippen molar-refractivity contribution >= 4 is 50.0 Å². The van der Waals surface area contributed by atoms with Crippen LogP contribution in [-0.2, 0) is 16.8 Å². The molecule has 1 fully saturated rings. The summed E-state index contributed by atoms with van der Waals surface area (Å²) < 4.78 is 1.04. The van der Waals surface area contributed by atoms with E-state index in [-0.39, 0.29) is 17.4 Å². The summed E-state index contributed by atoms with van der Waals surface area (Å²) in [5.74, 6) is 0.0363. The van der Waals surface area contributed by atoms with Gasteiger partial charge in [0, 0.05) is 40.6 Å². The highest BCUT2D eigenvalue weighted by atomic mass is 79.9. The van der Waals surface area contributed by atoms with Crippen LogP contribution in [0.1, 0.15) is 30.7 Å². The van der Waals surface area contributed by atoms with Crippen LogP contribution in [0.4, 0.5) is 15.6 Å². The number of urea groups is 1. The Kier molecular flexibility index (Phi) is 6.99. The van der Waals surface area contributed by atoms with Crippen molar-refractivity contribution < 1.29 is 9.59 Å². The van der Waals surface area contributed by atoms with E-state index >= 15 is 0 Å². The predicted molar refractivity (Wildman–Crippen MR) is 136 cm³/mol. The van der Waals surface area contributed by atoms with Crippen LogP contribution in [0.2, 0.25) is 0 Å².